The molecule has 0 saturated carbocycles. The van der Waals surface area contributed by atoms with Gasteiger partial charge in [0.1, 0.15) is 0 Å². The highest BCUT2D eigenvalue weighted by Crippen LogP contribution is 2.32. The zero-order valence-corrected chi connectivity index (χ0v) is 17.6. The smallest absolute Gasteiger partial charge is 0.276 e. The summed E-state index contributed by atoms with van der Waals surface area (Å²) in [5.41, 5.74) is 1.29. The van der Waals surface area contributed by atoms with Gasteiger partial charge in [0.25, 0.3) is 9.70 Å². The van der Waals surface area contributed by atoms with Gasteiger partial charge in [-0.15, -0.1) is 0 Å². The van der Waals surface area contributed by atoms with Gasteiger partial charge in [-0.1, -0.05) is 60.3 Å². The van der Waals surface area contributed by atoms with Gasteiger partial charge in [0.2, 0.25) is 5.91 Å². The number of piperazine rings is 1. The fourth-order valence-electron chi connectivity index (χ4n) is 2.72. The number of benzene rings is 1. The second kappa shape index (κ2) is 8.87. The number of carbonyl (C=O) groups excluding carboxylic acids is 2. The fourth-order valence-corrected chi connectivity index (χ4v) is 3.16. The van der Waals surface area contributed by atoms with Crippen LogP contribution in [0.3, 0.4) is 0 Å². The molecule has 1 saturated heterocycles. The van der Waals surface area contributed by atoms with Gasteiger partial charge < -0.3 is 15.1 Å². The lowest BCUT2D eigenvalue weighted by Crippen LogP contribution is -2.49. The molecule has 5 nitrogen and oxygen atoms in total. The topological polar surface area (TPSA) is 52.7 Å². The van der Waals surface area contributed by atoms with Crippen molar-refractivity contribution in [1.29, 1.82) is 0 Å². The molecule has 1 N–H and O–H groups in total. The van der Waals surface area contributed by atoms with E-state index in [1.807, 2.05) is 24.8 Å². The first kappa shape index (κ1) is 21.4. The lowest BCUT2D eigenvalue weighted by atomic mass is 10.1. The van der Waals surface area contributed by atoms with Crippen molar-refractivity contribution in [2.24, 2.45) is 5.92 Å². The van der Waals surface area contributed by atoms with Crippen LogP contribution >= 0.6 is 46.4 Å². The largest absolute Gasteiger partial charge is 0.367 e. The third-order valence-corrected chi connectivity index (χ3v) is 4.84. The van der Waals surface area contributed by atoms with Crippen LogP contribution in [-0.2, 0) is 9.59 Å². The highest BCUT2D eigenvalue weighted by atomic mass is 35.6. The molecule has 1 fully saturated rings. The minimum Gasteiger partial charge on any atom is -0.367 e. The maximum atomic E-state index is 12.2. The van der Waals surface area contributed by atoms with Crippen molar-refractivity contribution in [1.82, 2.24) is 4.90 Å². The summed E-state index contributed by atoms with van der Waals surface area (Å²) in [6.45, 7) is 6.79. The Morgan fingerprint density at radius 2 is 1.77 bits per heavy atom. The molecule has 0 aliphatic carbocycles. The van der Waals surface area contributed by atoms with Crippen LogP contribution in [0.5, 0.6) is 0 Å². The molecule has 1 aromatic rings. The van der Waals surface area contributed by atoms with Gasteiger partial charge in [0.15, 0.2) is 0 Å². The number of hydrogen-bond acceptors (Lipinski definition) is 3. The molecule has 144 valence electrons. The Kier molecular flexibility index (Phi) is 7.31. The van der Waals surface area contributed by atoms with Crippen molar-refractivity contribution in [2.75, 3.05) is 36.4 Å². The van der Waals surface area contributed by atoms with Crippen LogP contribution in [0.4, 0.5) is 11.4 Å². The molecule has 2 amide bonds. The number of carbonyl (C=O) groups is 2. The Morgan fingerprint density at radius 3 is 2.27 bits per heavy atom. The zero-order chi connectivity index (χ0) is 19.5. The normalized spacial score (nSPS) is 15.3. The monoisotopic (exact) mass is 439 g/mol. The van der Waals surface area contributed by atoms with Crippen LogP contribution < -0.4 is 10.2 Å². The Labute approximate surface area is 173 Å². The molecule has 1 heterocycles. The molecule has 0 radical (unpaired) electrons. The molecule has 1 aromatic carbocycles. The number of halogens is 4. The first-order chi connectivity index (χ1) is 12.1. The SMILES string of the molecule is CC(C)CC(=O)N1CCN(c2ccc(NC(=O)C(Cl)(Cl)Cl)cc2Cl)CC1. The fraction of sp³-hybridized carbons (Fsp3) is 0.529. The van der Waals surface area contributed by atoms with E-state index in [4.69, 9.17) is 46.4 Å². The maximum absolute atomic E-state index is 12.2. The quantitative estimate of drug-likeness (QED) is 0.708. The summed E-state index contributed by atoms with van der Waals surface area (Å²) in [4.78, 5) is 27.9. The molecule has 2 rings (SSSR count). The summed E-state index contributed by atoms with van der Waals surface area (Å²) < 4.78 is -2.04. The highest BCUT2D eigenvalue weighted by molar-refractivity contribution is 6.76. The van der Waals surface area contributed by atoms with Crippen LogP contribution in [0.15, 0.2) is 18.2 Å². The summed E-state index contributed by atoms with van der Waals surface area (Å²) in [5.74, 6) is -0.204. The van der Waals surface area contributed by atoms with E-state index in [1.54, 1.807) is 12.1 Å². The van der Waals surface area contributed by atoms with Crippen molar-refractivity contribution in [3.05, 3.63) is 23.2 Å². The van der Waals surface area contributed by atoms with Gasteiger partial charge in [0.05, 0.1) is 10.7 Å². The summed E-state index contributed by atoms with van der Waals surface area (Å²) in [5, 5.41) is 2.98. The Morgan fingerprint density at radius 1 is 1.15 bits per heavy atom. The molecule has 1 aliphatic heterocycles. The molecule has 9 heteroatoms. The number of amides is 2. The van der Waals surface area contributed by atoms with E-state index >= 15 is 0 Å². The number of nitrogens with zero attached hydrogens (tertiary/aromatic N) is 2. The van der Waals surface area contributed by atoms with Crippen molar-refractivity contribution < 1.29 is 9.59 Å². The average Bonchev–Trinajstić information content (AvgIpc) is 2.53. The van der Waals surface area contributed by atoms with Gasteiger partial charge in [-0.25, -0.2) is 0 Å². The van der Waals surface area contributed by atoms with Crippen LogP contribution in [0.2, 0.25) is 5.02 Å². The third-order valence-electron chi connectivity index (χ3n) is 4.02. The molecular formula is C17H21Cl4N3O2. The molecule has 0 spiro atoms. The third kappa shape index (κ3) is 5.81. The Balaban J connectivity index is 1.98. The minimum absolute atomic E-state index is 0.190. The summed E-state index contributed by atoms with van der Waals surface area (Å²) in [6, 6.07) is 5.12. The van der Waals surface area contributed by atoms with Gasteiger partial charge >= 0.3 is 0 Å². The average molecular weight is 441 g/mol. The van der Waals surface area contributed by atoms with Crippen LogP contribution in [-0.4, -0.2) is 46.7 Å². The molecule has 1 aliphatic rings. The maximum Gasteiger partial charge on any atom is 0.276 e. The molecule has 0 aromatic heterocycles. The second-order valence-electron chi connectivity index (χ2n) is 6.58. The number of rotatable bonds is 4. The minimum atomic E-state index is -2.04. The van der Waals surface area contributed by atoms with Gasteiger partial charge in [-0.3, -0.25) is 9.59 Å². The second-order valence-corrected chi connectivity index (χ2v) is 9.27. The van der Waals surface area contributed by atoms with E-state index in [0.717, 1.165) is 5.69 Å². The Hall–Kier alpha value is -0.880. The number of nitrogens with one attached hydrogen (secondary N) is 1. The predicted octanol–water partition coefficient (Wildman–Crippen LogP) is 4.34. The summed E-state index contributed by atoms with van der Waals surface area (Å²) >= 11 is 23.0. The number of hydrogen-bond donors (Lipinski definition) is 1. The molecular weight excluding hydrogens is 420 g/mol. The first-order valence-corrected chi connectivity index (χ1v) is 9.79. The van der Waals surface area contributed by atoms with E-state index < -0.39 is 9.70 Å². The van der Waals surface area contributed by atoms with Gasteiger partial charge in [-0.2, -0.15) is 0 Å². The summed E-state index contributed by atoms with van der Waals surface area (Å²) in [7, 11) is 0. The number of alkyl halides is 3. The molecule has 0 atom stereocenters. The Bertz CT molecular complexity index is 668. The van der Waals surface area contributed by atoms with Crippen LogP contribution in [0.1, 0.15) is 20.3 Å². The highest BCUT2D eigenvalue weighted by Gasteiger charge is 2.31. The van der Waals surface area contributed by atoms with E-state index in [2.05, 4.69) is 10.2 Å². The number of anilines is 2. The van der Waals surface area contributed by atoms with Crippen LogP contribution in [0.25, 0.3) is 0 Å². The van der Waals surface area contributed by atoms with Crippen molar-refractivity contribution in [3.8, 4) is 0 Å². The van der Waals surface area contributed by atoms with Crippen molar-refractivity contribution in [2.45, 2.75) is 24.1 Å². The van der Waals surface area contributed by atoms with Gasteiger partial charge in [0, 0.05) is 38.3 Å². The summed E-state index contributed by atoms with van der Waals surface area (Å²) in [6.07, 6.45) is 0.568. The zero-order valence-electron chi connectivity index (χ0n) is 14.6. The van der Waals surface area contributed by atoms with E-state index in [-0.39, 0.29) is 5.91 Å². The lowest BCUT2D eigenvalue weighted by molar-refractivity contribution is -0.132. The van der Waals surface area contributed by atoms with Crippen LogP contribution in [0, 0.1) is 5.92 Å². The molecule has 0 bridgehead atoms. The van der Waals surface area contributed by atoms with Crippen molar-refractivity contribution >= 4 is 69.6 Å². The molecule has 26 heavy (non-hydrogen) atoms. The lowest BCUT2D eigenvalue weighted by Gasteiger charge is -2.37. The van der Waals surface area contributed by atoms with Crippen molar-refractivity contribution in [3.63, 3.8) is 0 Å². The standard InChI is InChI=1S/C17H21Cl4N3O2/c1-11(2)9-15(25)24-7-5-23(6-8-24)14-4-3-12(10-13(14)18)22-16(26)17(19,20)21/h3-4,10-11H,5-9H2,1-2H3,(H,22,26). The molecule has 0 unspecified atom stereocenters. The van der Waals surface area contributed by atoms with E-state index in [9.17, 15) is 9.59 Å². The predicted molar refractivity (Wildman–Crippen MR) is 109 cm³/mol. The van der Waals surface area contributed by atoms with E-state index in [0.29, 0.717) is 49.2 Å². The first-order valence-electron chi connectivity index (χ1n) is 8.28. The van der Waals surface area contributed by atoms with E-state index in [1.165, 1.54) is 0 Å². The van der Waals surface area contributed by atoms with Gasteiger partial charge in [-0.05, 0) is 24.1 Å².